The van der Waals surface area contributed by atoms with Gasteiger partial charge in [0.2, 0.25) is 0 Å². The van der Waals surface area contributed by atoms with Gasteiger partial charge in [-0.1, -0.05) is 127 Å². The van der Waals surface area contributed by atoms with Crippen molar-refractivity contribution in [2.75, 3.05) is 13.2 Å². The largest absolute Gasteiger partial charge is 0.374 e. The third-order valence-corrected chi connectivity index (χ3v) is 8.11. The number of ether oxygens (including phenoxy) is 5. The summed E-state index contributed by atoms with van der Waals surface area (Å²) in [6.07, 6.45) is 0.106. The van der Waals surface area contributed by atoms with Crippen LogP contribution in [-0.4, -0.2) is 43.1 Å². The van der Waals surface area contributed by atoms with Crippen LogP contribution in [0.5, 0.6) is 0 Å². The van der Waals surface area contributed by atoms with Crippen molar-refractivity contribution in [2.24, 2.45) is 0 Å². The lowest BCUT2D eigenvalue weighted by atomic mass is 9.99. The van der Waals surface area contributed by atoms with Gasteiger partial charge in [0.05, 0.1) is 33.0 Å². The lowest BCUT2D eigenvalue weighted by molar-refractivity contribution is -0.250. The van der Waals surface area contributed by atoms with E-state index in [-0.39, 0.29) is 11.5 Å². The Kier molecular flexibility index (Phi) is 11.8. The van der Waals surface area contributed by atoms with Gasteiger partial charge in [0, 0.05) is 4.90 Å². The van der Waals surface area contributed by atoms with Crippen LogP contribution in [0, 0.1) is 0 Å². The van der Waals surface area contributed by atoms with Gasteiger partial charge >= 0.3 is 0 Å². The summed E-state index contributed by atoms with van der Waals surface area (Å²) in [7, 11) is 0. The van der Waals surface area contributed by atoms with Crippen LogP contribution in [0.3, 0.4) is 0 Å². The van der Waals surface area contributed by atoms with Gasteiger partial charge in [0.1, 0.15) is 29.9 Å². The fourth-order valence-corrected chi connectivity index (χ4v) is 6.04. The van der Waals surface area contributed by atoms with Gasteiger partial charge in [-0.2, -0.15) is 0 Å². The molecule has 0 saturated carbocycles. The molecule has 6 heteroatoms. The molecule has 0 radical (unpaired) electrons. The summed E-state index contributed by atoms with van der Waals surface area (Å²) in [4.78, 5) is 1.09. The van der Waals surface area contributed by atoms with Crippen molar-refractivity contribution in [1.29, 1.82) is 0 Å². The first-order valence-electron chi connectivity index (χ1n) is 14.3. The summed E-state index contributed by atoms with van der Waals surface area (Å²) in [6, 6.07) is 40.7. The van der Waals surface area contributed by atoms with E-state index in [1.165, 1.54) is 0 Å². The van der Waals surface area contributed by atoms with E-state index in [9.17, 15) is 0 Å². The third kappa shape index (κ3) is 8.88. The van der Waals surface area contributed by atoms with Gasteiger partial charge in [0.25, 0.3) is 0 Å². The van der Waals surface area contributed by atoms with E-state index in [0.717, 1.165) is 21.6 Å². The van der Waals surface area contributed by atoms with Crippen LogP contribution in [0.15, 0.2) is 139 Å². The third-order valence-electron chi connectivity index (χ3n) is 6.96. The molecule has 218 valence electrons. The Balaban J connectivity index is 1.42. The normalized spacial score (nSPS) is 22.0. The Bertz CT molecular complexity index is 1310. The summed E-state index contributed by atoms with van der Waals surface area (Å²) < 4.78 is 32.8. The van der Waals surface area contributed by atoms with Crippen molar-refractivity contribution < 1.29 is 23.7 Å². The summed E-state index contributed by atoms with van der Waals surface area (Å²) in [5.74, 6) is 0. The maximum atomic E-state index is 6.82. The maximum absolute atomic E-state index is 6.82. The van der Waals surface area contributed by atoms with Crippen molar-refractivity contribution in [2.45, 2.75) is 54.6 Å². The molecule has 0 spiro atoms. The van der Waals surface area contributed by atoms with Crippen molar-refractivity contribution in [3.63, 3.8) is 0 Å². The Hall–Kier alpha value is -3.23. The first-order valence-corrected chi connectivity index (χ1v) is 15.2. The second-order valence-electron chi connectivity index (χ2n) is 10.1. The van der Waals surface area contributed by atoms with Gasteiger partial charge in [-0.15, -0.1) is 6.58 Å². The number of benzene rings is 4. The molecule has 4 aromatic carbocycles. The smallest absolute Gasteiger partial charge is 0.137 e. The number of rotatable bonds is 15. The highest BCUT2D eigenvalue weighted by Gasteiger charge is 2.48. The second-order valence-corrected chi connectivity index (χ2v) is 11.3. The standard InChI is InChI=1S/C36H38O5S/c1-2-23-38-34-33(39-25-29-17-9-4-10-18-29)32(27-37-24-28-15-7-3-8-16-28)41-36(42-31-21-13-6-14-22-31)35(34)40-26-30-19-11-5-12-20-30/h2-22,32-36H,1,23-27H2/t32-,33+,34+,35-,36+/m1/s1. The zero-order valence-electron chi connectivity index (χ0n) is 23.7. The first kappa shape index (κ1) is 30.2. The van der Waals surface area contributed by atoms with Gasteiger partial charge in [-0.3, -0.25) is 0 Å². The highest BCUT2D eigenvalue weighted by Crippen LogP contribution is 2.38. The number of hydrogen-bond acceptors (Lipinski definition) is 6. The van der Waals surface area contributed by atoms with Crippen LogP contribution in [0.4, 0.5) is 0 Å². The predicted octanol–water partition coefficient (Wildman–Crippen LogP) is 7.46. The molecule has 5 atom stereocenters. The minimum absolute atomic E-state index is 0.347. The Morgan fingerprint density at radius 1 is 0.595 bits per heavy atom. The topological polar surface area (TPSA) is 46.2 Å². The minimum atomic E-state index is -0.436. The van der Waals surface area contributed by atoms with E-state index in [1.807, 2.05) is 72.8 Å². The van der Waals surface area contributed by atoms with E-state index in [0.29, 0.717) is 33.0 Å². The van der Waals surface area contributed by atoms with E-state index >= 15 is 0 Å². The Morgan fingerprint density at radius 2 is 1.10 bits per heavy atom. The average Bonchev–Trinajstić information content (AvgIpc) is 3.04. The van der Waals surface area contributed by atoms with Crippen LogP contribution in [-0.2, 0) is 43.5 Å². The molecular weight excluding hydrogens is 544 g/mol. The van der Waals surface area contributed by atoms with Gasteiger partial charge in [-0.05, 0) is 28.8 Å². The number of thioether (sulfide) groups is 1. The molecule has 5 nitrogen and oxygen atoms in total. The van der Waals surface area contributed by atoms with Crippen LogP contribution in [0.1, 0.15) is 16.7 Å². The first-order chi connectivity index (χ1) is 20.8. The zero-order chi connectivity index (χ0) is 28.8. The summed E-state index contributed by atoms with van der Waals surface area (Å²) >= 11 is 1.63. The van der Waals surface area contributed by atoms with Crippen LogP contribution in [0.2, 0.25) is 0 Å². The number of hydrogen-bond donors (Lipinski definition) is 0. The zero-order valence-corrected chi connectivity index (χ0v) is 24.5. The second kappa shape index (κ2) is 16.4. The van der Waals surface area contributed by atoms with Gasteiger partial charge in [-0.25, -0.2) is 0 Å². The van der Waals surface area contributed by atoms with E-state index in [2.05, 4.69) is 55.1 Å². The van der Waals surface area contributed by atoms with Crippen molar-refractivity contribution >= 4 is 11.8 Å². The molecular formula is C36H38O5S. The van der Waals surface area contributed by atoms with Crippen molar-refractivity contribution in [1.82, 2.24) is 0 Å². The lowest BCUT2D eigenvalue weighted by Gasteiger charge is -2.46. The summed E-state index contributed by atoms with van der Waals surface area (Å²) in [5.41, 5.74) is 2.91. The van der Waals surface area contributed by atoms with Crippen LogP contribution in [0.25, 0.3) is 0 Å². The molecule has 4 aromatic rings. The minimum Gasteiger partial charge on any atom is -0.374 e. The highest BCUT2D eigenvalue weighted by atomic mass is 32.2. The quantitative estimate of drug-likeness (QED) is 0.136. The molecule has 0 bridgehead atoms. The van der Waals surface area contributed by atoms with E-state index in [1.54, 1.807) is 17.8 Å². The fraction of sp³-hybridized carbons (Fsp3) is 0.278. The molecule has 42 heavy (non-hydrogen) atoms. The predicted molar refractivity (Wildman–Crippen MR) is 167 cm³/mol. The fourth-order valence-electron chi connectivity index (χ4n) is 4.89. The molecule has 0 unspecified atom stereocenters. The van der Waals surface area contributed by atoms with Crippen molar-refractivity contribution in [3.05, 3.63) is 151 Å². The molecule has 1 aliphatic rings. The monoisotopic (exact) mass is 582 g/mol. The Labute approximate surface area is 253 Å². The molecule has 0 N–H and O–H groups in total. The van der Waals surface area contributed by atoms with Crippen LogP contribution >= 0.6 is 11.8 Å². The van der Waals surface area contributed by atoms with E-state index in [4.69, 9.17) is 23.7 Å². The molecule has 1 fully saturated rings. The molecule has 1 saturated heterocycles. The Morgan fingerprint density at radius 3 is 1.64 bits per heavy atom. The van der Waals surface area contributed by atoms with Gasteiger partial charge in [0.15, 0.2) is 0 Å². The maximum Gasteiger partial charge on any atom is 0.137 e. The molecule has 0 aromatic heterocycles. The van der Waals surface area contributed by atoms with E-state index < -0.39 is 18.3 Å². The molecule has 1 heterocycles. The SMILES string of the molecule is C=CCO[C@H]1[C@@H](OCc2ccccc2)[C@@H](COCc2ccccc2)O[C@@H](Sc2ccccc2)[C@@H]1OCc1ccccc1. The van der Waals surface area contributed by atoms with Crippen molar-refractivity contribution in [3.8, 4) is 0 Å². The summed E-state index contributed by atoms with van der Waals surface area (Å²) in [6.45, 7) is 5.94. The molecule has 0 aliphatic carbocycles. The molecule has 0 amide bonds. The molecule has 1 aliphatic heterocycles. The summed E-state index contributed by atoms with van der Waals surface area (Å²) in [5, 5.41) is 0. The highest BCUT2D eigenvalue weighted by molar-refractivity contribution is 7.99. The lowest BCUT2D eigenvalue weighted by Crippen LogP contribution is -2.60. The van der Waals surface area contributed by atoms with Crippen LogP contribution < -0.4 is 0 Å². The average molecular weight is 583 g/mol. The molecule has 5 rings (SSSR count). The van der Waals surface area contributed by atoms with Gasteiger partial charge < -0.3 is 23.7 Å².